The number of fused-ring (bicyclic) bond motifs is 2. The molecule has 2 atom stereocenters. The van der Waals surface area contributed by atoms with Crippen molar-refractivity contribution in [1.29, 1.82) is 0 Å². The molecule has 6 heteroatoms. The standard InChI is InChI=1S/C21H21NO5/c23-20(22-16-9-5-7-14-6-1-2-8-15(14)16)13-26-21(24)19-12-25-17-10-3-4-11-18(17)27-19/h1-4,6,8,10-11,16,19H,5,7,9,12-13H2,(H,22,23)/t16-,19+/m0/s1. The van der Waals surface area contributed by atoms with Crippen LogP contribution in [0.4, 0.5) is 0 Å². The fourth-order valence-corrected chi connectivity index (χ4v) is 3.51. The van der Waals surface area contributed by atoms with Gasteiger partial charge in [-0.25, -0.2) is 4.79 Å². The summed E-state index contributed by atoms with van der Waals surface area (Å²) in [5, 5.41) is 2.96. The number of benzene rings is 2. The molecular weight excluding hydrogens is 346 g/mol. The number of carbonyl (C=O) groups excluding carboxylic acids is 2. The Kier molecular flexibility index (Phi) is 4.96. The zero-order valence-corrected chi connectivity index (χ0v) is 14.9. The van der Waals surface area contributed by atoms with Crippen LogP contribution in [0.5, 0.6) is 11.5 Å². The smallest absolute Gasteiger partial charge is 0.351 e. The number of hydrogen-bond acceptors (Lipinski definition) is 5. The average molecular weight is 367 g/mol. The average Bonchev–Trinajstić information content (AvgIpc) is 2.72. The topological polar surface area (TPSA) is 73.9 Å². The number of nitrogens with one attached hydrogen (secondary N) is 1. The van der Waals surface area contributed by atoms with Gasteiger partial charge in [-0.2, -0.15) is 0 Å². The quantitative estimate of drug-likeness (QED) is 0.841. The van der Waals surface area contributed by atoms with Crippen LogP contribution in [0.3, 0.4) is 0 Å². The second-order valence-electron chi connectivity index (χ2n) is 6.68. The Morgan fingerprint density at radius 3 is 2.74 bits per heavy atom. The van der Waals surface area contributed by atoms with Gasteiger partial charge in [0.05, 0.1) is 6.04 Å². The lowest BCUT2D eigenvalue weighted by Crippen LogP contribution is -2.40. The van der Waals surface area contributed by atoms with Crippen LogP contribution in [0.2, 0.25) is 0 Å². The maximum atomic E-state index is 12.2. The van der Waals surface area contributed by atoms with Gasteiger partial charge in [0.25, 0.3) is 5.91 Å². The van der Waals surface area contributed by atoms with Crippen LogP contribution in [-0.2, 0) is 20.7 Å². The van der Waals surface area contributed by atoms with Gasteiger partial charge < -0.3 is 19.5 Å². The van der Waals surface area contributed by atoms with Crippen LogP contribution in [0.15, 0.2) is 48.5 Å². The fraction of sp³-hybridized carbons (Fsp3) is 0.333. The van der Waals surface area contributed by atoms with Crippen LogP contribution in [-0.4, -0.2) is 31.2 Å². The van der Waals surface area contributed by atoms with Crippen molar-refractivity contribution in [3.63, 3.8) is 0 Å². The van der Waals surface area contributed by atoms with E-state index in [1.807, 2.05) is 24.3 Å². The van der Waals surface area contributed by atoms with Crippen LogP contribution >= 0.6 is 0 Å². The molecule has 4 rings (SSSR count). The predicted octanol–water partition coefficient (Wildman–Crippen LogP) is 2.56. The third-order valence-electron chi connectivity index (χ3n) is 4.82. The van der Waals surface area contributed by atoms with Crippen LogP contribution in [0.1, 0.15) is 30.0 Å². The minimum atomic E-state index is -0.872. The molecule has 27 heavy (non-hydrogen) atoms. The zero-order chi connectivity index (χ0) is 18.6. The summed E-state index contributed by atoms with van der Waals surface area (Å²) in [4.78, 5) is 24.4. The Hall–Kier alpha value is -3.02. The van der Waals surface area contributed by atoms with Gasteiger partial charge >= 0.3 is 5.97 Å². The maximum Gasteiger partial charge on any atom is 0.351 e. The van der Waals surface area contributed by atoms with Gasteiger partial charge in [0, 0.05) is 0 Å². The SMILES string of the molecule is O=C(COC(=O)[C@H]1COc2ccccc2O1)N[C@H]1CCCc2ccccc21. The van der Waals surface area contributed by atoms with Crippen molar-refractivity contribution in [1.82, 2.24) is 5.32 Å². The molecule has 1 amide bonds. The number of esters is 1. The van der Waals surface area contributed by atoms with Crippen molar-refractivity contribution in [3.8, 4) is 11.5 Å². The molecule has 2 aliphatic rings. The van der Waals surface area contributed by atoms with Crippen molar-refractivity contribution < 1.29 is 23.8 Å². The molecule has 0 radical (unpaired) electrons. The van der Waals surface area contributed by atoms with Crippen molar-refractivity contribution in [3.05, 3.63) is 59.7 Å². The van der Waals surface area contributed by atoms with E-state index < -0.39 is 12.1 Å². The number of amides is 1. The second-order valence-corrected chi connectivity index (χ2v) is 6.68. The summed E-state index contributed by atoms with van der Waals surface area (Å²) >= 11 is 0. The van der Waals surface area contributed by atoms with E-state index >= 15 is 0 Å². The van der Waals surface area contributed by atoms with E-state index in [1.54, 1.807) is 18.2 Å². The van der Waals surface area contributed by atoms with Gasteiger partial charge in [-0.15, -0.1) is 0 Å². The van der Waals surface area contributed by atoms with Crippen molar-refractivity contribution in [2.75, 3.05) is 13.2 Å². The zero-order valence-electron chi connectivity index (χ0n) is 14.9. The van der Waals surface area contributed by atoms with Gasteiger partial charge in [0.2, 0.25) is 6.10 Å². The highest BCUT2D eigenvalue weighted by atomic mass is 16.6. The van der Waals surface area contributed by atoms with Crippen molar-refractivity contribution >= 4 is 11.9 Å². The molecular formula is C21H21NO5. The summed E-state index contributed by atoms with van der Waals surface area (Å²) in [6.45, 7) is -0.271. The predicted molar refractivity (Wildman–Crippen MR) is 97.6 cm³/mol. The number of carbonyl (C=O) groups is 2. The Morgan fingerprint density at radius 1 is 1.07 bits per heavy atom. The lowest BCUT2D eigenvalue weighted by molar-refractivity contribution is -0.157. The molecule has 0 aromatic heterocycles. The Labute approximate surface area is 157 Å². The van der Waals surface area contributed by atoms with E-state index in [2.05, 4.69) is 11.4 Å². The molecule has 1 heterocycles. The summed E-state index contributed by atoms with van der Waals surface area (Å²) in [6, 6.07) is 15.2. The van der Waals surface area contributed by atoms with Gasteiger partial charge in [-0.05, 0) is 42.5 Å². The molecule has 0 spiro atoms. The van der Waals surface area contributed by atoms with E-state index in [-0.39, 0.29) is 25.2 Å². The summed E-state index contributed by atoms with van der Waals surface area (Å²) < 4.78 is 16.2. The van der Waals surface area contributed by atoms with Gasteiger partial charge in [-0.3, -0.25) is 4.79 Å². The van der Waals surface area contributed by atoms with E-state index in [0.29, 0.717) is 11.5 Å². The Balaban J connectivity index is 1.29. The number of hydrogen-bond donors (Lipinski definition) is 1. The maximum absolute atomic E-state index is 12.2. The molecule has 140 valence electrons. The first kappa shape index (κ1) is 17.4. The summed E-state index contributed by atoms with van der Waals surface area (Å²) in [5.74, 6) is 0.162. The molecule has 0 unspecified atom stereocenters. The number of aryl methyl sites for hydroxylation is 1. The normalized spacial score (nSPS) is 20.3. The molecule has 0 saturated heterocycles. The molecule has 0 bridgehead atoms. The fourth-order valence-electron chi connectivity index (χ4n) is 3.51. The largest absolute Gasteiger partial charge is 0.485 e. The molecule has 1 N–H and O–H groups in total. The molecule has 0 saturated carbocycles. The van der Waals surface area contributed by atoms with Crippen LogP contribution in [0, 0.1) is 0 Å². The molecule has 1 aliphatic carbocycles. The molecule has 2 aromatic rings. The monoisotopic (exact) mass is 367 g/mol. The third-order valence-corrected chi connectivity index (χ3v) is 4.82. The Bertz CT molecular complexity index is 850. The van der Waals surface area contributed by atoms with Crippen LogP contribution in [0.25, 0.3) is 0 Å². The molecule has 2 aromatic carbocycles. The first-order valence-electron chi connectivity index (χ1n) is 9.13. The molecule has 1 aliphatic heterocycles. The first-order valence-corrected chi connectivity index (χ1v) is 9.13. The summed E-state index contributed by atoms with van der Waals surface area (Å²) in [6.07, 6.45) is 2.06. The third kappa shape index (κ3) is 3.89. The van der Waals surface area contributed by atoms with Gasteiger partial charge in [-0.1, -0.05) is 36.4 Å². The van der Waals surface area contributed by atoms with E-state index in [1.165, 1.54) is 5.56 Å². The highest BCUT2D eigenvalue weighted by Crippen LogP contribution is 2.31. The second kappa shape index (κ2) is 7.70. The lowest BCUT2D eigenvalue weighted by atomic mass is 9.88. The van der Waals surface area contributed by atoms with E-state index in [4.69, 9.17) is 14.2 Å². The summed E-state index contributed by atoms with van der Waals surface area (Å²) in [5.41, 5.74) is 2.40. The lowest BCUT2D eigenvalue weighted by Gasteiger charge is -2.27. The first-order chi connectivity index (χ1) is 13.2. The minimum absolute atomic E-state index is 0.0395. The van der Waals surface area contributed by atoms with E-state index in [0.717, 1.165) is 24.8 Å². The van der Waals surface area contributed by atoms with Gasteiger partial charge in [0.15, 0.2) is 18.1 Å². The Morgan fingerprint density at radius 2 is 1.85 bits per heavy atom. The number of para-hydroxylation sites is 2. The van der Waals surface area contributed by atoms with Crippen LogP contribution < -0.4 is 14.8 Å². The summed E-state index contributed by atoms with van der Waals surface area (Å²) in [7, 11) is 0. The highest BCUT2D eigenvalue weighted by molar-refractivity contribution is 5.82. The van der Waals surface area contributed by atoms with Crippen molar-refractivity contribution in [2.24, 2.45) is 0 Å². The highest BCUT2D eigenvalue weighted by Gasteiger charge is 2.29. The minimum Gasteiger partial charge on any atom is -0.485 e. The number of ether oxygens (including phenoxy) is 3. The molecule has 6 nitrogen and oxygen atoms in total. The molecule has 0 fully saturated rings. The van der Waals surface area contributed by atoms with Crippen molar-refractivity contribution in [2.45, 2.75) is 31.4 Å². The van der Waals surface area contributed by atoms with E-state index in [9.17, 15) is 9.59 Å². The van der Waals surface area contributed by atoms with Gasteiger partial charge in [0.1, 0.15) is 6.61 Å². The number of rotatable bonds is 4.